The number of alkyl carbamates (subject to hydrolysis) is 1. The molecule has 2 amide bonds. The first-order chi connectivity index (χ1) is 19.9. The first kappa shape index (κ1) is 27.0. The molecule has 1 saturated heterocycles. The van der Waals surface area contributed by atoms with Crippen molar-refractivity contribution in [3.05, 3.63) is 95.6 Å². The average Bonchev–Trinajstić information content (AvgIpc) is 3.51. The van der Waals surface area contributed by atoms with Gasteiger partial charge in [-0.25, -0.2) is 4.79 Å². The molecule has 8 nitrogen and oxygen atoms in total. The van der Waals surface area contributed by atoms with Crippen LogP contribution < -0.4 is 10.6 Å². The van der Waals surface area contributed by atoms with E-state index >= 15 is 0 Å². The average molecular weight is 554 g/mol. The maximum Gasteiger partial charge on any atom is 0.408 e. The van der Waals surface area contributed by atoms with Crippen LogP contribution in [0, 0.1) is 5.41 Å². The molecule has 3 aliphatic rings. The number of nitrogens with zero attached hydrogens (tertiary/aromatic N) is 1. The molecule has 0 spiro atoms. The fourth-order valence-corrected chi connectivity index (χ4v) is 6.53. The van der Waals surface area contributed by atoms with Gasteiger partial charge in [0, 0.05) is 32.1 Å². The summed E-state index contributed by atoms with van der Waals surface area (Å²) in [5, 5.41) is 15.5. The molecule has 8 heteroatoms. The molecule has 6 rings (SSSR count). The van der Waals surface area contributed by atoms with Crippen molar-refractivity contribution < 1.29 is 24.2 Å². The third kappa shape index (κ3) is 5.20. The summed E-state index contributed by atoms with van der Waals surface area (Å²) in [6.45, 7) is 1.75. The SMILES string of the molecule is O=C(NC1(C(=O)NCC2(C(=O)O)CCC2)CCN(Cc2ccccc2)C1)OCC1c2ccccc2-c2ccccc21. The topological polar surface area (TPSA) is 108 Å². The second-order valence-corrected chi connectivity index (χ2v) is 11.6. The molecule has 212 valence electrons. The monoisotopic (exact) mass is 553 g/mol. The number of amides is 2. The molecule has 2 aliphatic carbocycles. The van der Waals surface area contributed by atoms with Crippen LogP contribution in [0.1, 0.15) is 48.3 Å². The van der Waals surface area contributed by atoms with Crippen LogP contribution in [0.25, 0.3) is 11.1 Å². The van der Waals surface area contributed by atoms with E-state index in [2.05, 4.69) is 39.8 Å². The minimum absolute atomic E-state index is 0.0496. The van der Waals surface area contributed by atoms with E-state index in [-0.39, 0.29) is 25.0 Å². The molecule has 3 N–H and O–H groups in total. The highest BCUT2D eigenvalue weighted by molar-refractivity contribution is 5.91. The van der Waals surface area contributed by atoms with Crippen LogP contribution in [-0.4, -0.2) is 59.8 Å². The molecule has 1 saturated carbocycles. The minimum atomic E-state index is -1.22. The number of hydrogen-bond acceptors (Lipinski definition) is 5. The summed E-state index contributed by atoms with van der Waals surface area (Å²) < 4.78 is 5.80. The van der Waals surface area contributed by atoms with Gasteiger partial charge in [0.25, 0.3) is 0 Å². The molecule has 0 bridgehead atoms. The first-order valence-corrected chi connectivity index (χ1v) is 14.3. The number of fused-ring (bicyclic) bond motifs is 3. The summed E-state index contributed by atoms with van der Waals surface area (Å²) in [4.78, 5) is 41.0. The molecule has 1 atom stereocenters. The predicted molar refractivity (Wildman–Crippen MR) is 154 cm³/mol. The van der Waals surface area contributed by atoms with E-state index in [0.29, 0.717) is 38.9 Å². The fourth-order valence-electron chi connectivity index (χ4n) is 6.53. The number of likely N-dealkylation sites (tertiary alicyclic amines) is 1. The summed E-state index contributed by atoms with van der Waals surface area (Å²) in [6.07, 6.45) is 1.65. The molecule has 0 radical (unpaired) electrons. The molecular weight excluding hydrogens is 518 g/mol. The zero-order valence-corrected chi connectivity index (χ0v) is 23.0. The van der Waals surface area contributed by atoms with Gasteiger partial charge in [0.1, 0.15) is 12.1 Å². The van der Waals surface area contributed by atoms with E-state index in [1.165, 1.54) is 0 Å². The molecule has 3 aromatic rings. The smallest absolute Gasteiger partial charge is 0.408 e. The lowest BCUT2D eigenvalue weighted by Gasteiger charge is -2.39. The quantitative estimate of drug-likeness (QED) is 0.359. The highest BCUT2D eigenvalue weighted by Crippen LogP contribution is 2.44. The number of benzene rings is 3. The number of carbonyl (C=O) groups is 3. The number of rotatable bonds is 9. The molecule has 1 unspecified atom stereocenters. The Labute approximate surface area is 239 Å². The van der Waals surface area contributed by atoms with Gasteiger partial charge >= 0.3 is 12.1 Å². The van der Waals surface area contributed by atoms with Crippen molar-refractivity contribution in [3.63, 3.8) is 0 Å². The van der Waals surface area contributed by atoms with E-state index in [1.54, 1.807) is 0 Å². The Morgan fingerprint density at radius 3 is 2.12 bits per heavy atom. The van der Waals surface area contributed by atoms with Crippen LogP contribution in [0.5, 0.6) is 0 Å². The van der Waals surface area contributed by atoms with Gasteiger partial charge in [-0.2, -0.15) is 0 Å². The van der Waals surface area contributed by atoms with Crippen molar-refractivity contribution >= 4 is 18.0 Å². The third-order valence-electron chi connectivity index (χ3n) is 9.07. The van der Waals surface area contributed by atoms with Gasteiger partial charge in [-0.1, -0.05) is 85.3 Å². The van der Waals surface area contributed by atoms with Crippen molar-refractivity contribution in [1.82, 2.24) is 15.5 Å². The molecule has 0 aromatic heterocycles. The van der Waals surface area contributed by atoms with Crippen LogP contribution in [0.4, 0.5) is 4.79 Å². The summed E-state index contributed by atoms with van der Waals surface area (Å²) in [5.74, 6) is -1.35. The van der Waals surface area contributed by atoms with Gasteiger partial charge in [0.2, 0.25) is 5.91 Å². The minimum Gasteiger partial charge on any atom is -0.481 e. The number of ether oxygens (including phenoxy) is 1. The fraction of sp³-hybridized carbons (Fsp3) is 0.364. The standard InChI is InChI=1S/C33H35N3O5/c37-29(34-21-32(30(38)39)15-8-16-32)33(17-18-36(22-33)19-23-9-2-1-3-10-23)35-31(40)41-20-28-26-13-6-4-11-24(26)25-12-5-7-14-27(25)28/h1-7,9-14,28H,8,15-22H2,(H,34,37)(H,35,40)(H,38,39). The number of hydrogen-bond donors (Lipinski definition) is 3. The van der Waals surface area contributed by atoms with Gasteiger partial charge in [-0.15, -0.1) is 0 Å². The zero-order chi connectivity index (χ0) is 28.5. The zero-order valence-electron chi connectivity index (χ0n) is 23.0. The van der Waals surface area contributed by atoms with E-state index in [4.69, 9.17) is 4.74 Å². The van der Waals surface area contributed by atoms with Crippen molar-refractivity contribution in [3.8, 4) is 11.1 Å². The first-order valence-electron chi connectivity index (χ1n) is 14.3. The summed E-state index contributed by atoms with van der Waals surface area (Å²) in [7, 11) is 0. The second-order valence-electron chi connectivity index (χ2n) is 11.6. The highest BCUT2D eigenvalue weighted by Gasteiger charge is 2.49. The Hall–Kier alpha value is -4.17. The second kappa shape index (κ2) is 11.0. The van der Waals surface area contributed by atoms with Gasteiger partial charge < -0.3 is 20.5 Å². The molecule has 3 aromatic carbocycles. The Bertz CT molecular complexity index is 1410. The Morgan fingerprint density at radius 1 is 0.878 bits per heavy atom. The Balaban J connectivity index is 1.16. The molecule has 1 aliphatic heterocycles. The predicted octanol–water partition coefficient (Wildman–Crippen LogP) is 4.54. The number of carboxylic acids is 1. The Morgan fingerprint density at radius 2 is 1.51 bits per heavy atom. The van der Waals surface area contributed by atoms with Crippen LogP contribution in [0.2, 0.25) is 0 Å². The molecular formula is C33H35N3O5. The van der Waals surface area contributed by atoms with Crippen molar-refractivity contribution in [2.24, 2.45) is 5.41 Å². The maximum atomic E-state index is 13.7. The number of carboxylic acid groups (broad SMARTS) is 1. The van der Waals surface area contributed by atoms with E-state index < -0.39 is 23.0 Å². The normalized spacial score (nSPS) is 20.9. The van der Waals surface area contributed by atoms with Crippen LogP contribution >= 0.6 is 0 Å². The van der Waals surface area contributed by atoms with Crippen LogP contribution in [0.3, 0.4) is 0 Å². The summed E-state index contributed by atoms with van der Waals surface area (Å²) in [6, 6.07) is 26.3. The Kier molecular flexibility index (Phi) is 7.26. The van der Waals surface area contributed by atoms with Crippen molar-refractivity contribution in [2.75, 3.05) is 26.2 Å². The summed E-state index contributed by atoms with van der Waals surface area (Å²) in [5.41, 5.74) is 3.48. The lowest BCUT2D eigenvalue weighted by atomic mass is 9.68. The van der Waals surface area contributed by atoms with E-state index in [1.807, 2.05) is 54.6 Å². The highest BCUT2D eigenvalue weighted by atomic mass is 16.5. The van der Waals surface area contributed by atoms with E-state index in [9.17, 15) is 19.5 Å². The maximum absolute atomic E-state index is 13.7. The molecule has 41 heavy (non-hydrogen) atoms. The van der Waals surface area contributed by atoms with Gasteiger partial charge in [0.15, 0.2) is 0 Å². The van der Waals surface area contributed by atoms with Crippen LogP contribution in [0.15, 0.2) is 78.9 Å². The van der Waals surface area contributed by atoms with Crippen molar-refractivity contribution in [2.45, 2.75) is 43.7 Å². The molecule has 1 heterocycles. The number of nitrogens with one attached hydrogen (secondary N) is 2. The van der Waals surface area contributed by atoms with E-state index in [0.717, 1.165) is 34.2 Å². The third-order valence-corrected chi connectivity index (χ3v) is 9.07. The number of aliphatic carboxylic acids is 1. The van der Waals surface area contributed by atoms with Crippen LogP contribution in [-0.2, 0) is 20.9 Å². The summed E-state index contributed by atoms with van der Waals surface area (Å²) >= 11 is 0. The van der Waals surface area contributed by atoms with Crippen molar-refractivity contribution in [1.29, 1.82) is 0 Å². The molecule has 2 fully saturated rings. The van der Waals surface area contributed by atoms with Gasteiger partial charge in [-0.3, -0.25) is 14.5 Å². The lowest BCUT2D eigenvalue weighted by Crippen LogP contribution is -2.62. The van der Waals surface area contributed by atoms with Gasteiger partial charge in [0.05, 0.1) is 5.41 Å². The van der Waals surface area contributed by atoms with Gasteiger partial charge in [-0.05, 0) is 47.1 Å². The number of carbonyl (C=O) groups excluding carboxylic acids is 2. The largest absolute Gasteiger partial charge is 0.481 e. The lowest BCUT2D eigenvalue weighted by molar-refractivity contribution is -0.154.